The summed E-state index contributed by atoms with van der Waals surface area (Å²) in [6.45, 7) is 4.80. The molecule has 3 nitrogen and oxygen atoms in total. The van der Waals surface area contributed by atoms with E-state index in [1.54, 1.807) is 7.11 Å². The molecular weight excluding hydrogens is 346 g/mol. The third-order valence-corrected chi connectivity index (χ3v) is 5.57. The summed E-state index contributed by atoms with van der Waals surface area (Å²) in [6.07, 6.45) is 8.39. The van der Waals surface area contributed by atoms with Gasteiger partial charge in [0.1, 0.15) is 5.75 Å². The number of hydrogen-bond acceptors (Lipinski definition) is 2. The Morgan fingerprint density at radius 3 is 2.57 bits per heavy atom. The zero-order chi connectivity index (χ0) is 19.9. The number of allylic oxidation sites excluding steroid dienone is 2. The molecule has 1 amide bonds. The maximum atomic E-state index is 12.2. The maximum absolute atomic E-state index is 12.2. The van der Waals surface area contributed by atoms with Crippen LogP contribution in [0.5, 0.6) is 5.75 Å². The van der Waals surface area contributed by atoms with Crippen molar-refractivity contribution in [1.82, 2.24) is 5.32 Å². The second-order valence-corrected chi connectivity index (χ2v) is 7.71. The molecule has 1 aliphatic rings. The fourth-order valence-electron chi connectivity index (χ4n) is 3.75. The van der Waals surface area contributed by atoms with Gasteiger partial charge in [-0.15, -0.1) is 0 Å². The lowest BCUT2D eigenvalue weighted by Crippen LogP contribution is -2.27. The van der Waals surface area contributed by atoms with E-state index in [-0.39, 0.29) is 5.91 Å². The second-order valence-electron chi connectivity index (χ2n) is 7.71. The molecule has 2 aromatic carbocycles. The van der Waals surface area contributed by atoms with Crippen LogP contribution in [0.2, 0.25) is 0 Å². The summed E-state index contributed by atoms with van der Waals surface area (Å²) >= 11 is 0. The van der Waals surface area contributed by atoms with Crippen LogP contribution >= 0.6 is 0 Å². The fourth-order valence-corrected chi connectivity index (χ4v) is 3.75. The first kappa shape index (κ1) is 20.2. The standard InChI is InChI=1S/C25H31NO2/c1-18-9-10-21(15-19(18)2)17-25(27)26-14-13-20-11-12-23(24(16-20)28-3)22-7-5-4-6-8-22/h7,9-12,15-16H,4-6,8,13-14,17H2,1-3H3,(H,26,27). The van der Waals surface area contributed by atoms with Crippen molar-refractivity contribution in [3.8, 4) is 5.75 Å². The maximum Gasteiger partial charge on any atom is 0.224 e. The zero-order valence-corrected chi connectivity index (χ0v) is 17.3. The normalized spacial score (nSPS) is 13.8. The van der Waals surface area contributed by atoms with E-state index >= 15 is 0 Å². The molecule has 0 fully saturated rings. The Morgan fingerprint density at radius 1 is 1.04 bits per heavy atom. The Labute approximate surface area is 168 Å². The summed E-state index contributed by atoms with van der Waals surface area (Å²) in [5.74, 6) is 1.01. The number of methoxy groups -OCH3 is 1. The molecule has 3 heteroatoms. The third-order valence-electron chi connectivity index (χ3n) is 5.57. The van der Waals surface area contributed by atoms with Crippen molar-refractivity contribution < 1.29 is 9.53 Å². The van der Waals surface area contributed by atoms with Gasteiger partial charge in [0.15, 0.2) is 0 Å². The van der Waals surface area contributed by atoms with Crippen LogP contribution in [-0.2, 0) is 17.6 Å². The van der Waals surface area contributed by atoms with Crippen molar-refractivity contribution >= 4 is 11.5 Å². The number of hydrogen-bond donors (Lipinski definition) is 1. The van der Waals surface area contributed by atoms with E-state index in [4.69, 9.17) is 4.74 Å². The van der Waals surface area contributed by atoms with Crippen LogP contribution in [0.25, 0.3) is 5.57 Å². The van der Waals surface area contributed by atoms with Crippen molar-refractivity contribution in [1.29, 1.82) is 0 Å². The molecule has 0 spiro atoms. The Kier molecular flexibility index (Phi) is 6.91. The van der Waals surface area contributed by atoms with Crippen molar-refractivity contribution in [2.24, 2.45) is 0 Å². The number of carbonyl (C=O) groups excluding carboxylic acids is 1. The van der Waals surface area contributed by atoms with Gasteiger partial charge >= 0.3 is 0 Å². The number of ether oxygens (including phenoxy) is 1. The highest BCUT2D eigenvalue weighted by molar-refractivity contribution is 5.78. The lowest BCUT2D eigenvalue weighted by atomic mass is 9.92. The number of nitrogens with one attached hydrogen (secondary N) is 1. The van der Waals surface area contributed by atoms with Crippen LogP contribution in [0.15, 0.2) is 42.5 Å². The van der Waals surface area contributed by atoms with E-state index in [9.17, 15) is 4.79 Å². The van der Waals surface area contributed by atoms with E-state index in [0.29, 0.717) is 13.0 Å². The minimum Gasteiger partial charge on any atom is -0.496 e. The second kappa shape index (κ2) is 9.59. The molecule has 0 unspecified atom stereocenters. The quantitative estimate of drug-likeness (QED) is 0.723. The van der Waals surface area contributed by atoms with Crippen molar-refractivity contribution in [3.05, 3.63) is 70.3 Å². The van der Waals surface area contributed by atoms with Gasteiger partial charge in [0.05, 0.1) is 13.5 Å². The van der Waals surface area contributed by atoms with Crippen molar-refractivity contribution in [2.75, 3.05) is 13.7 Å². The van der Waals surface area contributed by atoms with Crippen LogP contribution in [-0.4, -0.2) is 19.6 Å². The molecule has 1 aliphatic carbocycles. The van der Waals surface area contributed by atoms with E-state index < -0.39 is 0 Å². The van der Waals surface area contributed by atoms with Crippen LogP contribution < -0.4 is 10.1 Å². The van der Waals surface area contributed by atoms with Gasteiger partial charge in [-0.2, -0.15) is 0 Å². The molecule has 3 rings (SSSR count). The molecule has 2 aromatic rings. The summed E-state index contributed by atoms with van der Waals surface area (Å²) in [7, 11) is 1.73. The third kappa shape index (κ3) is 5.25. The Hall–Kier alpha value is -2.55. The van der Waals surface area contributed by atoms with Gasteiger partial charge in [-0.3, -0.25) is 4.79 Å². The fraction of sp³-hybridized carbons (Fsp3) is 0.400. The highest BCUT2D eigenvalue weighted by atomic mass is 16.5. The highest BCUT2D eigenvalue weighted by Gasteiger charge is 2.12. The van der Waals surface area contributed by atoms with Crippen molar-refractivity contribution in [2.45, 2.75) is 52.4 Å². The molecule has 0 heterocycles. The SMILES string of the molecule is COc1cc(CCNC(=O)Cc2ccc(C)c(C)c2)ccc1C1=CCCCC1. The molecule has 28 heavy (non-hydrogen) atoms. The minimum atomic E-state index is 0.0687. The molecule has 0 radical (unpaired) electrons. The van der Waals surface area contributed by atoms with Gasteiger partial charge in [0.2, 0.25) is 5.91 Å². The predicted octanol–water partition coefficient (Wildman–Crippen LogP) is 5.17. The van der Waals surface area contributed by atoms with Gasteiger partial charge in [-0.25, -0.2) is 0 Å². The molecule has 0 bridgehead atoms. The summed E-state index contributed by atoms with van der Waals surface area (Å²) in [6, 6.07) is 12.6. The lowest BCUT2D eigenvalue weighted by molar-refractivity contribution is -0.120. The number of amides is 1. The number of rotatable bonds is 7. The minimum absolute atomic E-state index is 0.0687. The summed E-state index contributed by atoms with van der Waals surface area (Å²) < 4.78 is 5.64. The molecule has 0 aromatic heterocycles. The molecule has 1 N–H and O–H groups in total. The smallest absolute Gasteiger partial charge is 0.224 e. The van der Waals surface area contributed by atoms with Gasteiger partial charge in [-0.05, 0) is 79.8 Å². The molecule has 0 saturated heterocycles. The van der Waals surface area contributed by atoms with Gasteiger partial charge < -0.3 is 10.1 Å². The van der Waals surface area contributed by atoms with E-state index in [2.05, 4.69) is 55.6 Å². The average Bonchev–Trinajstić information content (AvgIpc) is 2.71. The Bertz CT molecular complexity index is 867. The first-order chi connectivity index (χ1) is 13.6. The van der Waals surface area contributed by atoms with Crippen LogP contribution in [0.3, 0.4) is 0 Å². The van der Waals surface area contributed by atoms with Crippen LogP contribution in [0, 0.1) is 13.8 Å². The number of aryl methyl sites for hydroxylation is 2. The van der Waals surface area contributed by atoms with E-state index in [1.165, 1.54) is 40.7 Å². The number of carbonyl (C=O) groups is 1. The van der Waals surface area contributed by atoms with Gasteiger partial charge in [0, 0.05) is 12.1 Å². The first-order valence-electron chi connectivity index (χ1n) is 10.3. The first-order valence-corrected chi connectivity index (χ1v) is 10.3. The summed E-state index contributed by atoms with van der Waals surface area (Å²) in [5.41, 5.74) is 7.34. The van der Waals surface area contributed by atoms with E-state index in [0.717, 1.165) is 30.6 Å². The predicted molar refractivity (Wildman–Crippen MR) is 116 cm³/mol. The molecule has 0 saturated carbocycles. The summed E-state index contributed by atoms with van der Waals surface area (Å²) in [4.78, 5) is 12.2. The average molecular weight is 378 g/mol. The van der Waals surface area contributed by atoms with Gasteiger partial charge in [0.25, 0.3) is 0 Å². The Morgan fingerprint density at radius 2 is 1.86 bits per heavy atom. The van der Waals surface area contributed by atoms with Crippen molar-refractivity contribution in [3.63, 3.8) is 0 Å². The molecule has 0 aliphatic heterocycles. The zero-order valence-electron chi connectivity index (χ0n) is 17.3. The Balaban J connectivity index is 1.54. The molecule has 148 valence electrons. The van der Waals surface area contributed by atoms with E-state index in [1.807, 2.05) is 6.07 Å². The lowest BCUT2D eigenvalue weighted by Gasteiger charge is -2.17. The molecule has 0 atom stereocenters. The topological polar surface area (TPSA) is 38.3 Å². The monoisotopic (exact) mass is 377 g/mol. The summed E-state index contributed by atoms with van der Waals surface area (Å²) in [5, 5.41) is 3.04. The number of benzene rings is 2. The highest BCUT2D eigenvalue weighted by Crippen LogP contribution is 2.33. The van der Waals surface area contributed by atoms with Crippen LogP contribution in [0.1, 0.15) is 53.5 Å². The van der Waals surface area contributed by atoms with Gasteiger partial charge in [-0.1, -0.05) is 36.4 Å². The molecular formula is C25H31NO2. The van der Waals surface area contributed by atoms with Crippen LogP contribution in [0.4, 0.5) is 0 Å². The largest absolute Gasteiger partial charge is 0.496 e.